The summed E-state index contributed by atoms with van der Waals surface area (Å²) < 4.78 is 5.41. The van der Waals surface area contributed by atoms with Crippen molar-refractivity contribution in [2.45, 2.75) is 13.3 Å². The van der Waals surface area contributed by atoms with E-state index in [1.807, 2.05) is 12.3 Å². The summed E-state index contributed by atoms with van der Waals surface area (Å²) in [5.74, 6) is 0.988. The minimum Gasteiger partial charge on any atom is -0.463 e. The van der Waals surface area contributed by atoms with Crippen molar-refractivity contribution in [1.29, 1.82) is 0 Å². The highest BCUT2D eigenvalue weighted by Crippen LogP contribution is 2.26. The van der Waals surface area contributed by atoms with Crippen LogP contribution in [0.15, 0.2) is 34.3 Å². The molecule has 0 aliphatic carbocycles. The number of hydrogen-bond acceptors (Lipinski definition) is 2. The average molecular weight is 178 g/mol. The molecule has 2 rings (SSSR count). The van der Waals surface area contributed by atoms with E-state index in [0.717, 1.165) is 12.2 Å². The topological polar surface area (TPSA) is 13.1 Å². The normalized spacial score (nSPS) is 10.4. The van der Waals surface area contributed by atoms with Crippen LogP contribution in [0.2, 0.25) is 0 Å². The van der Waals surface area contributed by atoms with E-state index in [-0.39, 0.29) is 0 Å². The zero-order chi connectivity index (χ0) is 8.39. The lowest BCUT2D eigenvalue weighted by Crippen LogP contribution is -1.68. The molecule has 2 heterocycles. The van der Waals surface area contributed by atoms with Gasteiger partial charge in [0.15, 0.2) is 0 Å². The monoisotopic (exact) mass is 178 g/mol. The zero-order valence-corrected chi connectivity index (χ0v) is 7.73. The van der Waals surface area contributed by atoms with Gasteiger partial charge in [-0.15, -0.1) is 11.3 Å². The number of thiophene rings is 1. The molecule has 12 heavy (non-hydrogen) atoms. The molecular weight excluding hydrogens is 168 g/mol. The Morgan fingerprint density at radius 3 is 3.00 bits per heavy atom. The number of aryl methyl sites for hydroxylation is 1. The van der Waals surface area contributed by atoms with Gasteiger partial charge in [-0.3, -0.25) is 0 Å². The number of rotatable bonds is 2. The molecule has 0 amide bonds. The fourth-order valence-corrected chi connectivity index (χ4v) is 1.79. The van der Waals surface area contributed by atoms with Crippen LogP contribution in [0, 0.1) is 0 Å². The van der Waals surface area contributed by atoms with Gasteiger partial charge in [0.25, 0.3) is 0 Å². The van der Waals surface area contributed by atoms with E-state index in [4.69, 9.17) is 4.42 Å². The minimum absolute atomic E-state index is 0.988. The Balaban J connectivity index is 2.35. The average Bonchev–Trinajstić information content (AvgIpc) is 2.75. The Hall–Kier alpha value is -1.02. The third-order valence-corrected chi connectivity index (χ3v) is 2.71. The molecule has 0 bridgehead atoms. The fraction of sp³-hybridized carbons (Fsp3) is 0.200. The summed E-state index contributed by atoms with van der Waals surface area (Å²) in [5.41, 5.74) is 1.26. The molecule has 0 unspecified atom stereocenters. The van der Waals surface area contributed by atoms with E-state index in [1.165, 1.54) is 10.4 Å². The lowest BCUT2D eigenvalue weighted by molar-refractivity contribution is 0.580. The molecule has 0 radical (unpaired) electrons. The predicted molar refractivity (Wildman–Crippen MR) is 51.4 cm³/mol. The highest BCUT2D eigenvalue weighted by molar-refractivity contribution is 7.13. The fourth-order valence-electron chi connectivity index (χ4n) is 1.11. The molecule has 0 aromatic carbocycles. The quantitative estimate of drug-likeness (QED) is 0.685. The highest BCUT2D eigenvalue weighted by atomic mass is 32.1. The molecular formula is C10H10OS. The maximum absolute atomic E-state index is 5.41. The van der Waals surface area contributed by atoms with E-state index in [9.17, 15) is 0 Å². The Morgan fingerprint density at radius 2 is 2.42 bits per heavy atom. The van der Waals surface area contributed by atoms with Crippen LogP contribution in [0.5, 0.6) is 0 Å². The first-order valence-corrected chi connectivity index (χ1v) is 4.89. The first-order chi connectivity index (χ1) is 5.90. The van der Waals surface area contributed by atoms with Crippen molar-refractivity contribution in [2.24, 2.45) is 0 Å². The first kappa shape index (κ1) is 7.62. The van der Waals surface area contributed by atoms with Gasteiger partial charge in [-0.25, -0.2) is 0 Å². The number of hydrogen-bond donors (Lipinski definition) is 0. The molecule has 2 aromatic rings. The van der Waals surface area contributed by atoms with Crippen LogP contribution in [-0.4, -0.2) is 0 Å². The van der Waals surface area contributed by atoms with Crippen LogP contribution in [0.4, 0.5) is 0 Å². The Morgan fingerprint density at radius 1 is 1.50 bits per heavy atom. The van der Waals surface area contributed by atoms with Crippen LogP contribution in [0.25, 0.3) is 10.6 Å². The Bertz CT molecular complexity index is 346. The highest BCUT2D eigenvalue weighted by Gasteiger charge is 2.03. The Kier molecular flexibility index (Phi) is 2.00. The third kappa shape index (κ3) is 1.30. The van der Waals surface area contributed by atoms with Crippen molar-refractivity contribution in [1.82, 2.24) is 0 Å². The smallest absolute Gasteiger partial charge is 0.144 e. The van der Waals surface area contributed by atoms with E-state index in [0.29, 0.717) is 0 Å². The van der Waals surface area contributed by atoms with Crippen molar-refractivity contribution in [2.75, 3.05) is 0 Å². The lowest BCUT2D eigenvalue weighted by Gasteiger charge is -1.85. The van der Waals surface area contributed by atoms with Gasteiger partial charge in [0.1, 0.15) is 5.76 Å². The van der Waals surface area contributed by atoms with E-state index in [1.54, 1.807) is 11.3 Å². The molecule has 0 spiro atoms. The van der Waals surface area contributed by atoms with E-state index in [2.05, 4.69) is 24.4 Å². The maximum atomic E-state index is 5.41. The molecule has 0 saturated carbocycles. The Labute approximate surface area is 75.7 Å². The second-order valence-corrected chi connectivity index (χ2v) is 3.60. The van der Waals surface area contributed by atoms with E-state index >= 15 is 0 Å². The molecule has 0 atom stereocenters. The van der Waals surface area contributed by atoms with Gasteiger partial charge in [-0.1, -0.05) is 13.0 Å². The SMILES string of the molecule is CCc1coc(-c2cccs2)c1. The minimum atomic E-state index is 0.988. The molecule has 0 aliphatic heterocycles. The largest absolute Gasteiger partial charge is 0.463 e. The molecule has 0 saturated heterocycles. The zero-order valence-electron chi connectivity index (χ0n) is 6.91. The summed E-state index contributed by atoms with van der Waals surface area (Å²) in [5, 5.41) is 2.06. The van der Waals surface area contributed by atoms with Gasteiger partial charge in [-0.05, 0) is 29.5 Å². The maximum Gasteiger partial charge on any atom is 0.144 e. The summed E-state index contributed by atoms with van der Waals surface area (Å²) in [6, 6.07) is 6.21. The van der Waals surface area contributed by atoms with E-state index < -0.39 is 0 Å². The number of furan rings is 1. The van der Waals surface area contributed by atoms with Gasteiger partial charge in [-0.2, -0.15) is 0 Å². The molecule has 0 N–H and O–H groups in total. The second kappa shape index (κ2) is 3.15. The molecule has 0 fully saturated rings. The third-order valence-electron chi connectivity index (χ3n) is 1.83. The van der Waals surface area contributed by atoms with Crippen molar-refractivity contribution >= 4 is 11.3 Å². The van der Waals surface area contributed by atoms with Crippen LogP contribution in [0.3, 0.4) is 0 Å². The molecule has 62 valence electrons. The molecule has 2 heteroatoms. The summed E-state index contributed by atoms with van der Waals surface area (Å²) in [6.07, 6.45) is 2.87. The van der Waals surface area contributed by atoms with Crippen molar-refractivity contribution in [3.05, 3.63) is 35.4 Å². The van der Waals surface area contributed by atoms with Crippen LogP contribution in [-0.2, 0) is 6.42 Å². The first-order valence-electron chi connectivity index (χ1n) is 4.01. The lowest BCUT2D eigenvalue weighted by atomic mass is 10.2. The van der Waals surface area contributed by atoms with Gasteiger partial charge in [0.2, 0.25) is 0 Å². The predicted octanol–water partition coefficient (Wildman–Crippen LogP) is 3.57. The summed E-state index contributed by atoms with van der Waals surface area (Å²) in [4.78, 5) is 1.20. The molecule has 0 aliphatic rings. The van der Waals surface area contributed by atoms with Crippen LogP contribution >= 0.6 is 11.3 Å². The van der Waals surface area contributed by atoms with Gasteiger partial charge in [0.05, 0.1) is 11.1 Å². The second-order valence-electron chi connectivity index (χ2n) is 2.65. The molecule has 2 aromatic heterocycles. The molecule has 1 nitrogen and oxygen atoms in total. The van der Waals surface area contributed by atoms with Crippen molar-refractivity contribution < 1.29 is 4.42 Å². The van der Waals surface area contributed by atoms with Gasteiger partial charge >= 0.3 is 0 Å². The van der Waals surface area contributed by atoms with Gasteiger partial charge in [0, 0.05) is 0 Å². The van der Waals surface area contributed by atoms with Gasteiger partial charge < -0.3 is 4.42 Å². The summed E-state index contributed by atoms with van der Waals surface area (Å²) >= 11 is 1.71. The van der Waals surface area contributed by atoms with Crippen molar-refractivity contribution in [3.63, 3.8) is 0 Å². The van der Waals surface area contributed by atoms with Crippen LogP contribution in [0.1, 0.15) is 12.5 Å². The summed E-state index contributed by atoms with van der Waals surface area (Å²) in [6.45, 7) is 2.13. The van der Waals surface area contributed by atoms with Crippen LogP contribution < -0.4 is 0 Å². The van der Waals surface area contributed by atoms with Crippen molar-refractivity contribution in [3.8, 4) is 10.6 Å². The standard InChI is InChI=1S/C10H10OS/c1-2-8-6-9(11-7-8)10-4-3-5-12-10/h3-7H,2H2,1H3. The summed E-state index contributed by atoms with van der Waals surface area (Å²) in [7, 11) is 0.